The maximum atomic E-state index is 4.78. The Hall–Kier alpha value is 1.71. The van der Waals surface area contributed by atoms with E-state index in [0.717, 1.165) is 13.0 Å². The molecular formula is C3H7Cl3OZr. The van der Waals surface area contributed by atoms with Gasteiger partial charge in [-0.3, -0.25) is 0 Å². The van der Waals surface area contributed by atoms with E-state index in [9.17, 15) is 0 Å². The Morgan fingerprint density at radius 1 is 1.25 bits per heavy atom. The van der Waals surface area contributed by atoms with E-state index in [0.29, 0.717) is 0 Å². The Morgan fingerprint density at radius 2 is 1.62 bits per heavy atom. The van der Waals surface area contributed by atoms with Gasteiger partial charge in [-0.2, -0.15) is 0 Å². The Labute approximate surface area is 84.6 Å². The van der Waals surface area contributed by atoms with Crippen molar-refractivity contribution in [1.29, 1.82) is 0 Å². The molecule has 0 atom stereocenters. The molecule has 0 aromatic carbocycles. The summed E-state index contributed by atoms with van der Waals surface area (Å²) in [5.41, 5.74) is 0. The Kier molecular flexibility index (Phi) is 65.9. The van der Waals surface area contributed by atoms with Crippen LogP contribution >= 0.6 is 0 Å². The molecule has 0 saturated carbocycles. The van der Waals surface area contributed by atoms with Gasteiger partial charge in [0.2, 0.25) is 0 Å². The largest absolute Gasteiger partial charge is 1.00 e. The van der Waals surface area contributed by atoms with Crippen molar-refractivity contribution < 1.29 is 65.2 Å². The molecule has 0 unspecified atom stereocenters. The van der Waals surface area contributed by atoms with E-state index < -0.39 is 0 Å². The smallest absolute Gasteiger partial charge is 1.00 e. The average molecular weight is 257 g/mol. The molecule has 0 aliphatic rings. The maximum absolute atomic E-state index is 4.78. The van der Waals surface area contributed by atoms with Gasteiger partial charge in [-0.1, -0.05) is 0 Å². The van der Waals surface area contributed by atoms with E-state index in [-0.39, 0.29) is 37.2 Å². The molecule has 0 rings (SSSR count). The van der Waals surface area contributed by atoms with Crippen LogP contribution in [0.5, 0.6) is 0 Å². The second kappa shape index (κ2) is 23.3. The molecule has 0 fully saturated rings. The van der Waals surface area contributed by atoms with Crippen molar-refractivity contribution >= 4 is 0 Å². The van der Waals surface area contributed by atoms with Crippen molar-refractivity contribution in [3.63, 3.8) is 0 Å². The van der Waals surface area contributed by atoms with Gasteiger partial charge in [0.05, 0.1) is 0 Å². The molecule has 8 heavy (non-hydrogen) atoms. The van der Waals surface area contributed by atoms with Crippen LogP contribution in [-0.4, -0.2) is 6.61 Å². The zero-order chi connectivity index (χ0) is 4.12. The van der Waals surface area contributed by atoms with Crippen LogP contribution in [-0.2, 0) is 28.0 Å². The maximum Gasteiger partial charge on any atom is -1.00 e. The van der Waals surface area contributed by atoms with Gasteiger partial charge in [-0.05, 0) is 0 Å². The third-order valence-corrected chi connectivity index (χ3v) is 0.808. The minimum Gasteiger partial charge on any atom is -1.00 e. The van der Waals surface area contributed by atoms with Gasteiger partial charge in [-0.15, -0.1) is 0 Å². The van der Waals surface area contributed by atoms with Gasteiger partial charge in [0, 0.05) is 0 Å². The van der Waals surface area contributed by atoms with E-state index in [1.54, 1.807) is 0 Å². The average Bonchev–Trinajstić information content (AvgIpc) is 1.41. The fourth-order valence-corrected chi connectivity index (χ4v) is 0.604. The molecule has 0 radical (unpaired) electrons. The first-order chi connectivity index (χ1) is 2.41. The predicted octanol–water partition coefficient (Wildman–Crippen LogP) is -8.11. The van der Waals surface area contributed by atoms with Crippen LogP contribution in [0, 0.1) is 0 Å². The first-order valence-electron chi connectivity index (χ1n) is 1.70. The first kappa shape index (κ1) is 22.6. The van der Waals surface area contributed by atoms with Crippen LogP contribution in [0.3, 0.4) is 0 Å². The summed E-state index contributed by atoms with van der Waals surface area (Å²) in [6.45, 7) is 3.03. The van der Waals surface area contributed by atoms with E-state index in [2.05, 4.69) is 6.92 Å². The second-order valence-corrected chi connectivity index (χ2v) is 1.56. The van der Waals surface area contributed by atoms with E-state index in [1.165, 1.54) is 25.2 Å². The van der Waals surface area contributed by atoms with Crippen LogP contribution in [0.15, 0.2) is 0 Å². The SMILES string of the molecule is CCC[O][Zr+3].[Cl-].[Cl-].[Cl-]. The molecule has 0 aliphatic carbocycles. The molecule has 0 aromatic rings. The minimum atomic E-state index is 0. The van der Waals surface area contributed by atoms with Crippen molar-refractivity contribution in [2.45, 2.75) is 13.3 Å². The molecular weight excluding hydrogens is 250 g/mol. The molecule has 0 amide bonds. The number of hydrogen-bond donors (Lipinski definition) is 0. The summed E-state index contributed by atoms with van der Waals surface area (Å²) < 4.78 is 4.78. The molecule has 0 bridgehead atoms. The third-order valence-electron chi connectivity index (χ3n) is 0.306. The predicted molar refractivity (Wildman–Crippen MR) is 16.2 cm³/mol. The Bertz CT molecular complexity index is 22.0. The standard InChI is InChI=1S/C3H7O.3ClH.Zr/c1-2-3-4;;;;/h2-3H2,1H3;3*1H;/q-1;;;;+4/p-3. The zero-order valence-corrected chi connectivity index (χ0v) is 9.18. The van der Waals surface area contributed by atoms with Crippen LogP contribution in [0.2, 0.25) is 0 Å². The molecule has 0 N–H and O–H groups in total. The van der Waals surface area contributed by atoms with Crippen LogP contribution < -0.4 is 37.2 Å². The second-order valence-electron chi connectivity index (χ2n) is 0.848. The topological polar surface area (TPSA) is 9.23 Å². The van der Waals surface area contributed by atoms with Gasteiger partial charge in [-0.25, -0.2) is 0 Å². The zero-order valence-electron chi connectivity index (χ0n) is 4.46. The third kappa shape index (κ3) is 25.2. The molecule has 0 aromatic heterocycles. The van der Waals surface area contributed by atoms with E-state index in [4.69, 9.17) is 2.81 Å². The number of halogens is 3. The van der Waals surface area contributed by atoms with Gasteiger partial charge in [0.1, 0.15) is 0 Å². The molecule has 50 valence electrons. The molecule has 0 aliphatic heterocycles. The van der Waals surface area contributed by atoms with Crippen LogP contribution in [0.25, 0.3) is 0 Å². The Balaban J connectivity index is -0.0000000267. The molecule has 5 heteroatoms. The fourth-order valence-electron chi connectivity index (χ4n) is 0.102. The minimum absolute atomic E-state index is 0. The van der Waals surface area contributed by atoms with E-state index >= 15 is 0 Å². The summed E-state index contributed by atoms with van der Waals surface area (Å²) in [4.78, 5) is 0. The van der Waals surface area contributed by atoms with E-state index in [1.807, 2.05) is 0 Å². The molecule has 0 saturated heterocycles. The quantitative estimate of drug-likeness (QED) is 0.477. The summed E-state index contributed by atoms with van der Waals surface area (Å²) in [6.07, 6.45) is 1.14. The molecule has 0 heterocycles. The molecule has 0 spiro atoms. The molecule has 1 nitrogen and oxygen atoms in total. The van der Waals surface area contributed by atoms with Gasteiger partial charge < -0.3 is 37.2 Å². The van der Waals surface area contributed by atoms with Crippen LogP contribution in [0.1, 0.15) is 13.3 Å². The fraction of sp³-hybridized carbons (Fsp3) is 1.00. The summed E-state index contributed by atoms with van der Waals surface area (Å²) in [7, 11) is 0. The first-order valence-corrected chi connectivity index (χ1v) is 2.70. The van der Waals surface area contributed by atoms with Gasteiger partial charge in [0.15, 0.2) is 0 Å². The van der Waals surface area contributed by atoms with Crippen molar-refractivity contribution in [2.75, 3.05) is 6.61 Å². The Morgan fingerprint density at radius 3 is 1.62 bits per heavy atom. The van der Waals surface area contributed by atoms with Crippen molar-refractivity contribution in [1.82, 2.24) is 0 Å². The summed E-state index contributed by atoms with van der Waals surface area (Å²) in [5, 5.41) is 0. The van der Waals surface area contributed by atoms with Crippen molar-refractivity contribution in [3.8, 4) is 0 Å². The van der Waals surface area contributed by atoms with Crippen LogP contribution in [0.4, 0.5) is 0 Å². The van der Waals surface area contributed by atoms with Gasteiger partial charge >= 0.3 is 47.9 Å². The number of hydrogen-bond acceptors (Lipinski definition) is 1. The summed E-state index contributed by atoms with van der Waals surface area (Å²) >= 11 is 1.18. The monoisotopic (exact) mass is 254 g/mol. The van der Waals surface area contributed by atoms with Crippen molar-refractivity contribution in [2.24, 2.45) is 0 Å². The number of rotatable bonds is 2. The summed E-state index contributed by atoms with van der Waals surface area (Å²) in [6, 6.07) is 0. The normalized spacial score (nSPS) is 5.38. The summed E-state index contributed by atoms with van der Waals surface area (Å²) in [5.74, 6) is 0. The van der Waals surface area contributed by atoms with Crippen molar-refractivity contribution in [3.05, 3.63) is 0 Å². The van der Waals surface area contributed by atoms with Gasteiger partial charge in [0.25, 0.3) is 0 Å².